The van der Waals surface area contributed by atoms with E-state index in [0.29, 0.717) is 17.0 Å². The summed E-state index contributed by atoms with van der Waals surface area (Å²) in [4.78, 5) is 36.9. The van der Waals surface area contributed by atoms with Crippen molar-refractivity contribution in [2.24, 2.45) is 5.92 Å². The molecule has 7 heteroatoms. The molecule has 0 aliphatic carbocycles. The molecule has 1 rings (SSSR count). The second-order valence-corrected chi connectivity index (χ2v) is 5.55. The number of rotatable bonds is 8. The number of hydrogen-bond donors (Lipinski definition) is 2. The lowest BCUT2D eigenvalue weighted by atomic mass is 9.98. The molecule has 0 saturated carbocycles. The summed E-state index contributed by atoms with van der Waals surface area (Å²) in [7, 11) is 1.23. The van der Waals surface area contributed by atoms with E-state index in [1.807, 2.05) is 0 Å². The number of Topliss-reactive ketones (excluding diaryl/α,β-unsaturated/α-hetero) is 1. The number of nitrogens with zero attached hydrogens (tertiary/aromatic N) is 1. The Kier molecular flexibility index (Phi) is 7.09. The van der Waals surface area contributed by atoms with Crippen LogP contribution in [0.4, 0.5) is 5.69 Å². The summed E-state index contributed by atoms with van der Waals surface area (Å²) in [6, 6.07) is 5.80. The molecule has 1 N–H and O–H groups in total. The molecule has 0 aromatic heterocycles. The standard InChI is InChI=1S/C16H21NO5S/c1-10(9-23)15(20)12-6-4-5-7-13(12)17(8-14(18)19)11(2)16(21)22-3/h4-7,10-11,23H,8-9H2,1-3H3,(H,18,19). The third kappa shape index (κ3) is 4.72. The fourth-order valence-electron chi connectivity index (χ4n) is 2.16. The van der Waals surface area contributed by atoms with Gasteiger partial charge in [-0.05, 0) is 19.1 Å². The normalized spacial score (nSPS) is 13.0. The number of aliphatic carboxylic acids is 1. The lowest BCUT2D eigenvalue weighted by Crippen LogP contribution is -2.43. The SMILES string of the molecule is COC(=O)C(C)N(CC(=O)O)c1ccccc1C(=O)C(C)CS. The number of ketones is 1. The molecule has 0 heterocycles. The second-order valence-electron chi connectivity index (χ2n) is 5.19. The van der Waals surface area contributed by atoms with Crippen molar-refractivity contribution in [1.29, 1.82) is 0 Å². The number of esters is 1. The minimum absolute atomic E-state index is 0.150. The molecule has 0 fully saturated rings. The minimum atomic E-state index is -1.11. The van der Waals surface area contributed by atoms with Crippen molar-refractivity contribution in [2.45, 2.75) is 19.9 Å². The topological polar surface area (TPSA) is 83.9 Å². The van der Waals surface area contributed by atoms with Crippen LogP contribution in [0.2, 0.25) is 0 Å². The van der Waals surface area contributed by atoms with Gasteiger partial charge in [0.15, 0.2) is 5.78 Å². The summed E-state index contributed by atoms with van der Waals surface area (Å²) >= 11 is 4.13. The average molecular weight is 339 g/mol. The predicted molar refractivity (Wildman–Crippen MR) is 90.2 cm³/mol. The van der Waals surface area contributed by atoms with Gasteiger partial charge in [0.25, 0.3) is 0 Å². The van der Waals surface area contributed by atoms with Gasteiger partial charge in [0.2, 0.25) is 0 Å². The van der Waals surface area contributed by atoms with Crippen LogP contribution in [0, 0.1) is 5.92 Å². The summed E-state index contributed by atoms with van der Waals surface area (Å²) in [6.07, 6.45) is 0. The van der Waals surface area contributed by atoms with Gasteiger partial charge < -0.3 is 14.7 Å². The molecular formula is C16H21NO5S. The van der Waals surface area contributed by atoms with Gasteiger partial charge >= 0.3 is 11.9 Å². The van der Waals surface area contributed by atoms with Gasteiger partial charge in [-0.15, -0.1) is 0 Å². The van der Waals surface area contributed by atoms with Crippen molar-refractivity contribution in [2.75, 3.05) is 24.3 Å². The van der Waals surface area contributed by atoms with Crippen molar-refractivity contribution < 1.29 is 24.2 Å². The molecule has 0 radical (unpaired) electrons. The average Bonchev–Trinajstić information content (AvgIpc) is 2.56. The number of carbonyl (C=O) groups excluding carboxylic acids is 2. The molecule has 6 nitrogen and oxygen atoms in total. The Morgan fingerprint density at radius 2 is 1.87 bits per heavy atom. The quantitative estimate of drug-likeness (QED) is 0.427. The molecular weight excluding hydrogens is 318 g/mol. The molecule has 126 valence electrons. The summed E-state index contributed by atoms with van der Waals surface area (Å²) in [5, 5.41) is 9.14. The number of hydrogen-bond acceptors (Lipinski definition) is 6. The summed E-state index contributed by atoms with van der Waals surface area (Å²) in [6.45, 7) is 2.87. The zero-order chi connectivity index (χ0) is 17.6. The number of ether oxygens (including phenoxy) is 1. The molecule has 0 aliphatic heterocycles. The third-order valence-electron chi connectivity index (χ3n) is 3.52. The number of methoxy groups -OCH3 is 1. The first-order valence-corrected chi connectivity index (χ1v) is 7.77. The van der Waals surface area contributed by atoms with E-state index in [-0.39, 0.29) is 11.7 Å². The molecule has 0 bridgehead atoms. The fourth-order valence-corrected chi connectivity index (χ4v) is 2.32. The number of anilines is 1. The maximum atomic E-state index is 12.5. The number of thiol groups is 1. The molecule has 2 atom stereocenters. The largest absolute Gasteiger partial charge is 0.480 e. The molecule has 23 heavy (non-hydrogen) atoms. The third-order valence-corrected chi connectivity index (χ3v) is 4.06. The number of para-hydroxylation sites is 1. The number of carboxylic acids is 1. The van der Waals surface area contributed by atoms with Crippen LogP contribution in [-0.4, -0.2) is 48.3 Å². The van der Waals surface area contributed by atoms with Crippen molar-refractivity contribution >= 4 is 36.0 Å². The van der Waals surface area contributed by atoms with Crippen molar-refractivity contribution in [3.63, 3.8) is 0 Å². The lowest BCUT2D eigenvalue weighted by molar-refractivity contribution is -0.142. The Morgan fingerprint density at radius 3 is 2.39 bits per heavy atom. The molecule has 0 saturated heterocycles. The van der Waals surface area contributed by atoms with Crippen LogP contribution in [0.5, 0.6) is 0 Å². The van der Waals surface area contributed by atoms with Crippen LogP contribution < -0.4 is 4.90 Å². The van der Waals surface area contributed by atoms with Crippen LogP contribution in [0.15, 0.2) is 24.3 Å². The number of carboxylic acid groups (broad SMARTS) is 1. The Hall–Kier alpha value is -2.02. The highest BCUT2D eigenvalue weighted by Crippen LogP contribution is 2.25. The first kappa shape index (κ1) is 19.0. The van der Waals surface area contributed by atoms with Gasteiger partial charge in [-0.3, -0.25) is 9.59 Å². The molecule has 1 aromatic rings. The van der Waals surface area contributed by atoms with E-state index in [4.69, 9.17) is 9.84 Å². The van der Waals surface area contributed by atoms with Gasteiger partial charge in [0, 0.05) is 22.9 Å². The van der Waals surface area contributed by atoms with Gasteiger partial charge in [-0.25, -0.2) is 4.79 Å². The van der Waals surface area contributed by atoms with E-state index < -0.39 is 24.5 Å². The summed E-state index contributed by atoms with van der Waals surface area (Å²) in [5.74, 6) is -1.78. The van der Waals surface area contributed by atoms with Crippen molar-refractivity contribution in [3.05, 3.63) is 29.8 Å². The van der Waals surface area contributed by atoms with Crippen LogP contribution in [0.25, 0.3) is 0 Å². The number of carbonyl (C=O) groups is 3. The van der Waals surface area contributed by atoms with Gasteiger partial charge in [0.1, 0.15) is 12.6 Å². The lowest BCUT2D eigenvalue weighted by Gasteiger charge is -2.29. The highest BCUT2D eigenvalue weighted by atomic mass is 32.1. The maximum Gasteiger partial charge on any atom is 0.328 e. The van der Waals surface area contributed by atoms with Gasteiger partial charge in [-0.2, -0.15) is 12.6 Å². The zero-order valence-electron chi connectivity index (χ0n) is 13.4. The van der Waals surface area contributed by atoms with Crippen LogP contribution >= 0.6 is 12.6 Å². The Balaban J connectivity index is 3.33. The molecule has 0 amide bonds. The van der Waals surface area contributed by atoms with Gasteiger partial charge in [-0.1, -0.05) is 19.1 Å². The first-order chi connectivity index (χ1) is 10.8. The molecule has 2 unspecified atom stereocenters. The van der Waals surface area contributed by atoms with E-state index in [2.05, 4.69) is 12.6 Å². The Bertz CT molecular complexity index is 590. The smallest absolute Gasteiger partial charge is 0.328 e. The fraction of sp³-hybridized carbons (Fsp3) is 0.438. The van der Waals surface area contributed by atoms with Crippen LogP contribution in [-0.2, 0) is 14.3 Å². The Morgan fingerprint density at radius 1 is 1.26 bits per heavy atom. The molecule has 0 aliphatic rings. The monoisotopic (exact) mass is 339 g/mol. The molecule has 0 spiro atoms. The highest BCUT2D eigenvalue weighted by molar-refractivity contribution is 7.80. The van der Waals surface area contributed by atoms with E-state index in [1.165, 1.54) is 18.9 Å². The maximum absolute atomic E-state index is 12.5. The minimum Gasteiger partial charge on any atom is -0.480 e. The van der Waals surface area contributed by atoms with E-state index in [0.717, 1.165) is 0 Å². The molecule has 1 aromatic carbocycles. The van der Waals surface area contributed by atoms with E-state index >= 15 is 0 Å². The highest BCUT2D eigenvalue weighted by Gasteiger charge is 2.28. The van der Waals surface area contributed by atoms with E-state index in [9.17, 15) is 14.4 Å². The predicted octanol–water partition coefficient (Wildman–Crippen LogP) is 1.89. The van der Waals surface area contributed by atoms with Gasteiger partial charge in [0.05, 0.1) is 7.11 Å². The summed E-state index contributed by atoms with van der Waals surface area (Å²) in [5.41, 5.74) is 0.762. The van der Waals surface area contributed by atoms with Crippen molar-refractivity contribution in [1.82, 2.24) is 0 Å². The van der Waals surface area contributed by atoms with Crippen LogP contribution in [0.1, 0.15) is 24.2 Å². The van der Waals surface area contributed by atoms with Crippen molar-refractivity contribution in [3.8, 4) is 0 Å². The zero-order valence-corrected chi connectivity index (χ0v) is 14.2. The first-order valence-electron chi connectivity index (χ1n) is 7.13. The second kappa shape index (κ2) is 8.57. The Labute approximate surface area is 140 Å². The van der Waals surface area contributed by atoms with E-state index in [1.54, 1.807) is 31.2 Å². The number of benzene rings is 1. The van der Waals surface area contributed by atoms with Crippen LogP contribution in [0.3, 0.4) is 0 Å². The summed E-state index contributed by atoms with van der Waals surface area (Å²) < 4.78 is 4.69.